The molecule has 5 aromatic rings. The number of carbonyl (C=O) groups excluding carboxylic acids is 2. The van der Waals surface area contributed by atoms with Gasteiger partial charge in [0.1, 0.15) is 52.7 Å². The van der Waals surface area contributed by atoms with Crippen LogP contribution >= 0.6 is 0 Å². The van der Waals surface area contributed by atoms with Gasteiger partial charge < -0.3 is 54.7 Å². The number of halogens is 1. The van der Waals surface area contributed by atoms with Crippen molar-refractivity contribution in [2.24, 2.45) is 12.8 Å². The fraction of sp³-hybridized carbons (Fsp3) is 0.562. The van der Waals surface area contributed by atoms with E-state index >= 15 is 0 Å². The van der Waals surface area contributed by atoms with Crippen LogP contribution < -0.4 is 35.9 Å². The third kappa shape index (κ3) is 15.3. The number of hydrogen-bond acceptors (Lipinski definition) is 20. The van der Waals surface area contributed by atoms with Crippen LogP contribution in [0.25, 0.3) is 10.9 Å². The van der Waals surface area contributed by atoms with E-state index in [4.69, 9.17) is 30.1 Å². The summed E-state index contributed by atoms with van der Waals surface area (Å²) in [5, 5.41) is 11.5. The average molecular weight is 1250 g/mol. The van der Waals surface area contributed by atoms with E-state index in [0.29, 0.717) is 104 Å². The maximum Gasteiger partial charge on any atom is 0.410 e. The first-order chi connectivity index (χ1) is 41.9. The van der Waals surface area contributed by atoms with Crippen molar-refractivity contribution in [2.75, 3.05) is 107 Å². The fourth-order valence-corrected chi connectivity index (χ4v) is 13.3. The van der Waals surface area contributed by atoms with Gasteiger partial charge in [-0.25, -0.2) is 37.5 Å². The van der Waals surface area contributed by atoms with Crippen LogP contribution in [-0.4, -0.2) is 197 Å². The van der Waals surface area contributed by atoms with Crippen molar-refractivity contribution >= 4 is 55.9 Å². The number of rotatable bonds is 19. The molecule has 2 aromatic carbocycles. The van der Waals surface area contributed by atoms with E-state index in [0.717, 1.165) is 30.9 Å². The normalized spacial score (nSPS) is 20.7. The molecule has 4 atom stereocenters. The molecule has 0 unspecified atom stereocenters. The van der Waals surface area contributed by atoms with E-state index in [-0.39, 0.29) is 89.9 Å². The lowest BCUT2D eigenvalue weighted by molar-refractivity contribution is -0.122. The quantitative estimate of drug-likeness (QED) is 0.0570. The lowest BCUT2D eigenvalue weighted by Crippen LogP contribution is -2.65. The van der Waals surface area contributed by atoms with E-state index < -0.39 is 31.7 Å². The number of benzene rings is 2. The predicted molar refractivity (Wildman–Crippen MR) is 341 cm³/mol. The highest BCUT2D eigenvalue weighted by Gasteiger charge is 2.44. The summed E-state index contributed by atoms with van der Waals surface area (Å²) < 4.78 is 67.1. The van der Waals surface area contributed by atoms with Gasteiger partial charge in [0.2, 0.25) is 11.9 Å². The Kier molecular flexibility index (Phi) is 19.8. The number of morpholine rings is 1. The molecule has 3 fully saturated rings. The fourth-order valence-electron chi connectivity index (χ4n) is 11.9. The molecule has 25 heteroatoms. The van der Waals surface area contributed by atoms with E-state index in [9.17, 15) is 27.2 Å². The molecule has 0 aliphatic carbocycles. The summed E-state index contributed by atoms with van der Waals surface area (Å²) >= 11 is 0. The van der Waals surface area contributed by atoms with Crippen LogP contribution in [0.4, 0.5) is 26.6 Å². The number of fused-ring (bicyclic) bond motifs is 2. The molecule has 3 saturated heterocycles. The van der Waals surface area contributed by atoms with Crippen LogP contribution in [0, 0.1) is 11.2 Å². The van der Waals surface area contributed by atoms with Gasteiger partial charge >= 0.3 is 6.09 Å². The molecule has 482 valence electrons. The van der Waals surface area contributed by atoms with Crippen LogP contribution in [0.3, 0.4) is 0 Å². The number of aromatic nitrogens is 5. The number of carbonyl (C=O) groups is 2. The van der Waals surface area contributed by atoms with E-state index in [1.165, 1.54) is 24.5 Å². The largest absolute Gasteiger partial charge is 0.492 e. The zero-order valence-electron chi connectivity index (χ0n) is 53.9. The molecule has 4 aliphatic heterocycles. The molecule has 0 bridgehead atoms. The second kappa shape index (κ2) is 26.6. The van der Waals surface area contributed by atoms with Crippen molar-refractivity contribution in [3.8, 4) is 11.5 Å². The highest BCUT2D eigenvalue weighted by molar-refractivity contribution is 7.92. The summed E-state index contributed by atoms with van der Waals surface area (Å²) in [6, 6.07) is 10.6. The first-order valence-electron chi connectivity index (χ1n) is 30.6. The van der Waals surface area contributed by atoms with E-state index in [1.54, 1.807) is 86.6 Å². The first-order valence-corrected chi connectivity index (χ1v) is 32.1. The van der Waals surface area contributed by atoms with Crippen molar-refractivity contribution in [3.05, 3.63) is 106 Å². The first kappa shape index (κ1) is 66.1. The monoisotopic (exact) mass is 1250 g/mol. The zero-order valence-corrected chi connectivity index (χ0v) is 54.7. The second-order valence-electron chi connectivity index (χ2n) is 26.8. The summed E-state index contributed by atoms with van der Waals surface area (Å²) in [4.78, 5) is 73.1. The maximum absolute atomic E-state index is 14.8. The summed E-state index contributed by atoms with van der Waals surface area (Å²) in [5.74, 6) is 1.40. The minimum Gasteiger partial charge on any atom is -0.492 e. The summed E-state index contributed by atoms with van der Waals surface area (Å²) in [5.41, 5.74) is 8.96. The van der Waals surface area contributed by atoms with Crippen LogP contribution in [-0.2, 0) is 43.0 Å². The molecule has 7 heterocycles. The van der Waals surface area contributed by atoms with Gasteiger partial charge in [0, 0.05) is 131 Å². The van der Waals surface area contributed by atoms with Crippen molar-refractivity contribution in [1.82, 2.24) is 44.1 Å². The summed E-state index contributed by atoms with van der Waals surface area (Å²) in [6.07, 6.45) is 4.97. The molecule has 89 heavy (non-hydrogen) atoms. The number of nitrogens with one attached hydrogen (secondary N) is 2. The third-order valence-corrected chi connectivity index (χ3v) is 19.7. The van der Waals surface area contributed by atoms with Crippen molar-refractivity contribution in [3.63, 3.8) is 0 Å². The summed E-state index contributed by atoms with van der Waals surface area (Å²) in [7, 11) is -2.13. The smallest absolute Gasteiger partial charge is 0.410 e. The standard InChI is InChI=1S/C64H89FN14O9S/c1-40-31-77(35-55(80)79-38-64(11,12)56-52(79)26-45(59(81)73(56)13)25-44-15-17-46(65)18-16-44)47(33-78(40)61(82)88-62(5,6)7)32-76-34-49(86-36-41(76)2)37-87-48-29-68-60(69-30-48)75-22-20-74(21-23-75)19-14-24-85-53-28-51-50(27-54(53)89(83,84)63(8,9)10)58(71-39-70-51)72-57(67)42(3)43(4)66/h15-18,26-30,39-41,47,49,66H,14,19-25,31-38,67H2,1-13H3,(H,70,71,72)/b57-42+,66-43?/t40-,41-,47+,49-/m1/s1. The number of allylic oxidation sites excluding steroid dienone is 1. The topological polar surface area (TPSA) is 260 Å². The number of ether oxygens (including phenoxy) is 4. The number of amides is 2. The Morgan fingerprint density at radius 2 is 1.61 bits per heavy atom. The number of hydrogen-bond donors (Lipinski definition) is 3. The van der Waals surface area contributed by atoms with Gasteiger partial charge in [-0.05, 0) is 105 Å². The Morgan fingerprint density at radius 3 is 2.27 bits per heavy atom. The van der Waals surface area contributed by atoms with E-state index in [1.807, 2.05) is 47.6 Å². The van der Waals surface area contributed by atoms with Crippen LogP contribution in [0.15, 0.2) is 82.3 Å². The van der Waals surface area contributed by atoms with Gasteiger partial charge in [-0.1, -0.05) is 26.0 Å². The number of nitrogens with two attached hydrogens (primary N) is 1. The molecule has 9 rings (SSSR count). The van der Waals surface area contributed by atoms with Crippen molar-refractivity contribution < 1.29 is 41.3 Å². The molecule has 3 aromatic heterocycles. The number of pyridine rings is 1. The average Bonchev–Trinajstić information content (AvgIpc) is 1.89. The molecular weight excluding hydrogens is 1160 g/mol. The summed E-state index contributed by atoms with van der Waals surface area (Å²) in [6.45, 7) is 29.0. The van der Waals surface area contributed by atoms with Crippen LogP contribution in [0.5, 0.6) is 11.5 Å². The number of piperazine rings is 2. The number of sulfone groups is 1. The Balaban J connectivity index is 0.792. The molecule has 4 N–H and O–H groups in total. The Hall–Kier alpha value is -7.32. The van der Waals surface area contributed by atoms with Gasteiger partial charge in [0.05, 0.1) is 53.8 Å². The zero-order chi connectivity index (χ0) is 64.5. The lowest BCUT2D eigenvalue weighted by Gasteiger charge is -2.48. The van der Waals surface area contributed by atoms with Crippen LogP contribution in [0.1, 0.15) is 106 Å². The second-order valence-corrected chi connectivity index (χ2v) is 29.4. The molecule has 2 amide bonds. The molecule has 4 aliphatic rings. The molecular formula is C64H89FN14O9S. The van der Waals surface area contributed by atoms with Gasteiger partial charge in [-0.2, -0.15) is 0 Å². The Morgan fingerprint density at radius 1 is 0.910 bits per heavy atom. The van der Waals surface area contributed by atoms with Gasteiger partial charge in [-0.3, -0.25) is 24.3 Å². The van der Waals surface area contributed by atoms with E-state index in [2.05, 4.69) is 51.8 Å². The lowest BCUT2D eigenvalue weighted by atomic mass is 9.90. The molecule has 23 nitrogen and oxygen atoms in total. The molecule has 0 saturated carbocycles. The van der Waals surface area contributed by atoms with Crippen molar-refractivity contribution in [2.45, 2.75) is 141 Å². The Bertz CT molecular complexity index is 3620. The van der Waals surface area contributed by atoms with Gasteiger partial charge in [0.15, 0.2) is 15.6 Å². The third-order valence-electron chi connectivity index (χ3n) is 17.2. The molecule has 0 spiro atoms. The van der Waals surface area contributed by atoms with Crippen LogP contribution in [0.2, 0.25) is 0 Å². The highest BCUT2D eigenvalue weighted by Crippen LogP contribution is 2.41. The number of nitrogens with zero attached hydrogens (tertiary/aromatic N) is 11. The minimum absolute atomic E-state index is 0.0244. The SMILES string of the molecule is CC(=N)/C(C)=C(\N)Nc1ncnc2cc(OCCCN3CCN(c4ncc(OC[C@H]5CN(C[C@H]6CN(C(=O)OC(C)(C)C)[C@H](C)CN6CC(=O)N6CC(C)(C)c7c6cc(Cc6ccc(F)cc6)c(=O)n7C)[C@H](C)CO5)cn4)CC3)c(S(=O)(=O)C(C)(C)C)cc12. The number of anilines is 3. The van der Waals surface area contributed by atoms with Crippen molar-refractivity contribution in [1.29, 1.82) is 5.41 Å². The minimum atomic E-state index is -3.88. The Labute approximate surface area is 522 Å². The predicted octanol–water partition coefficient (Wildman–Crippen LogP) is 6.76. The van der Waals surface area contributed by atoms with Gasteiger partial charge in [0.25, 0.3) is 5.56 Å². The highest BCUT2D eigenvalue weighted by atomic mass is 32.2. The molecule has 0 radical (unpaired) electrons. The van der Waals surface area contributed by atoms with Gasteiger partial charge in [-0.15, -0.1) is 0 Å². The maximum atomic E-state index is 14.8.